The van der Waals surface area contributed by atoms with Gasteiger partial charge in [-0.2, -0.15) is 5.10 Å². The van der Waals surface area contributed by atoms with Crippen LogP contribution in [0.1, 0.15) is 11.1 Å². The predicted molar refractivity (Wildman–Crippen MR) is 67.2 cm³/mol. The first-order valence-electron chi connectivity index (χ1n) is 5.37. The summed E-state index contributed by atoms with van der Waals surface area (Å²) >= 11 is 5.90. The Balaban J connectivity index is 1.92. The highest BCUT2D eigenvalue weighted by atomic mass is 35.5. The molecule has 5 nitrogen and oxygen atoms in total. The topological polar surface area (TPSA) is 55.6 Å². The van der Waals surface area contributed by atoms with Crippen LogP contribution in [0.3, 0.4) is 0 Å². The highest BCUT2D eigenvalue weighted by Crippen LogP contribution is 2.17. The van der Waals surface area contributed by atoms with Gasteiger partial charge in [0.15, 0.2) is 0 Å². The minimum atomic E-state index is 0.484. The molecule has 2 aromatic rings. The summed E-state index contributed by atoms with van der Waals surface area (Å²) in [5.41, 5.74) is 2.03. The molecule has 0 bridgehead atoms. The standard InChI is InChI=1S/C11H14ClN5/c1-8-5-16-17(6-8)4-3-13-11-9(2)10(12)14-7-15-11/h5-7H,3-4H2,1-2H3,(H,13,14,15). The van der Waals surface area contributed by atoms with Crippen LogP contribution in [0.15, 0.2) is 18.7 Å². The number of hydrogen-bond acceptors (Lipinski definition) is 4. The quantitative estimate of drug-likeness (QED) is 0.845. The van der Waals surface area contributed by atoms with Gasteiger partial charge in [-0.25, -0.2) is 9.97 Å². The van der Waals surface area contributed by atoms with Crippen molar-refractivity contribution < 1.29 is 0 Å². The highest BCUT2D eigenvalue weighted by molar-refractivity contribution is 6.30. The first-order valence-corrected chi connectivity index (χ1v) is 5.74. The molecule has 0 radical (unpaired) electrons. The monoisotopic (exact) mass is 251 g/mol. The highest BCUT2D eigenvalue weighted by Gasteiger charge is 2.03. The Hall–Kier alpha value is -1.62. The van der Waals surface area contributed by atoms with Crippen molar-refractivity contribution in [2.24, 2.45) is 0 Å². The van der Waals surface area contributed by atoms with E-state index in [1.165, 1.54) is 6.33 Å². The molecule has 0 aliphatic rings. The molecule has 90 valence electrons. The summed E-state index contributed by atoms with van der Waals surface area (Å²) in [5, 5.41) is 7.90. The van der Waals surface area contributed by atoms with E-state index >= 15 is 0 Å². The molecular formula is C11H14ClN5. The van der Waals surface area contributed by atoms with Crippen molar-refractivity contribution in [3.63, 3.8) is 0 Å². The molecular weight excluding hydrogens is 238 g/mol. The second kappa shape index (κ2) is 5.14. The Morgan fingerprint density at radius 1 is 1.35 bits per heavy atom. The molecule has 0 aliphatic carbocycles. The average Bonchev–Trinajstić information content (AvgIpc) is 2.70. The number of rotatable bonds is 4. The van der Waals surface area contributed by atoms with Crippen molar-refractivity contribution >= 4 is 17.4 Å². The molecule has 0 saturated heterocycles. The molecule has 0 saturated carbocycles. The van der Waals surface area contributed by atoms with Crippen LogP contribution in [0.5, 0.6) is 0 Å². The van der Waals surface area contributed by atoms with Crippen LogP contribution < -0.4 is 5.32 Å². The number of nitrogens with zero attached hydrogens (tertiary/aromatic N) is 4. The fraction of sp³-hybridized carbons (Fsp3) is 0.364. The molecule has 2 heterocycles. The number of halogens is 1. The second-order valence-corrected chi connectivity index (χ2v) is 4.20. The Bertz CT molecular complexity index is 508. The van der Waals surface area contributed by atoms with E-state index in [1.54, 1.807) is 0 Å². The third kappa shape index (κ3) is 2.94. The van der Waals surface area contributed by atoms with Crippen molar-refractivity contribution in [2.75, 3.05) is 11.9 Å². The smallest absolute Gasteiger partial charge is 0.137 e. The Morgan fingerprint density at radius 2 is 2.18 bits per heavy atom. The average molecular weight is 252 g/mol. The van der Waals surface area contributed by atoms with Crippen molar-refractivity contribution in [1.82, 2.24) is 19.7 Å². The summed E-state index contributed by atoms with van der Waals surface area (Å²) in [5.74, 6) is 0.772. The molecule has 0 unspecified atom stereocenters. The molecule has 0 spiro atoms. The number of nitrogens with one attached hydrogen (secondary N) is 1. The maximum Gasteiger partial charge on any atom is 0.137 e. The number of aromatic nitrogens is 4. The van der Waals surface area contributed by atoms with E-state index in [0.29, 0.717) is 5.15 Å². The summed E-state index contributed by atoms with van der Waals surface area (Å²) < 4.78 is 1.89. The van der Waals surface area contributed by atoms with E-state index in [0.717, 1.165) is 30.0 Å². The summed E-state index contributed by atoms with van der Waals surface area (Å²) in [6.45, 7) is 5.44. The van der Waals surface area contributed by atoms with Crippen LogP contribution in [-0.2, 0) is 6.54 Å². The van der Waals surface area contributed by atoms with Crippen molar-refractivity contribution in [3.8, 4) is 0 Å². The van der Waals surface area contributed by atoms with Gasteiger partial charge in [-0.15, -0.1) is 0 Å². The van der Waals surface area contributed by atoms with E-state index in [-0.39, 0.29) is 0 Å². The number of anilines is 1. The Morgan fingerprint density at radius 3 is 2.88 bits per heavy atom. The van der Waals surface area contributed by atoms with E-state index in [2.05, 4.69) is 20.4 Å². The van der Waals surface area contributed by atoms with Crippen LogP contribution in [0, 0.1) is 13.8 Å². The molecule has 2 rings (SSSR count). The zero-order valence-electron chi connectivity index (χ0n) is 9.81. The van der Waals surface area contributed by atoms with Gasteiger partial charge in [0.2, 0.25) is 0 Å². The number of hydrogen-bond donors (Lipinski definition) is 1. The molecule has 0 fully saturated rings. The van der Waals surface area contributed by atoms with Gasteiger partial charge in [0.05, 0.1) is 12.7 Å². The van der Waals surface area contributed by atoms with Crippen molar-refractivity contribution in [3.05, 3.63) is 35.0 Å². The lowest BCUT2D eigenvalue weighted by Gasteiger charge is -2.08. The van der Waals surface area contributed by atoms with Gasteiger partial charge < -0.3 is 5.32 Å². The molecule has 17 heavy (non-hydrogen) atoms. The predicted octanol–water partition coefficient (Wildman–Crippen LogP) is 2.06. The zero-order chi connectivity index (χ0) is 12.3. The van der Waals surface area contributed by atoms with Gasteiger partial charge in [0, 0.05) is 18.3 Å². The minimum Gasteiger partial charge on any atom is -0.368 e. The molecule has 2 aromatic heterocycles. The Kier molecular flexibility index (Phi) is 3.58. The fourth-order valence-corrected chi connectivity index (χ4v) is 1.62. The largest absolute Gasteiger partial charge is 0.368 e. The molecule has 0 aliphatic heterocycles. The summed E-state index contributed by atoms with van der Waals surface area (Å²) in [4.78, 5) is 8.04. The molecule has 0 aromatic carbocycles. The maximum atomic E-state index is 5.90. The van der Waals surface area contributed by atoms with E-state index in [1.807, 2.05) is 30.9 Å². The zero-order valence-corrected chi connectivity index (χ0v) is 10.6. The van der Waals surface area contributed by atoms with Gasteiger partial charge in [0.25, 0.3) is 0 Å². The van der Waals surface area contributed by atoms with Crippen molar-refractivity contribution in [2.45, 2.75) is 20.4 Å². The third-order valence-corrected chi connectivity index (χ3v) is 2.80. The normalized spacial score (nSPS) is 10.5. The maximum absolute atomic E-state index is 5.90. The van der Waals surface area contributed by atoms with Crippen LogP contribution in [-0.4, -0.2) is 26.3 Å². The molecule has 6 heteroatoms. The van der Waals surface area contributed by atoms with Crippen LogP contribution in [0.4, 0.5) is 5.82 Å². The lowest BCUT2D eigenvalue weighted by atomic mass is 10.3. The summed E-state index contributed by atoms with van der Waals surface area (Å²) in [7, 11) is 0. The first-order chi connectivity index (χ1) is 8.16. The lowest BCUT2D eigenvalue weighted by molar-refractivity contribution is 0.636. The molecule has 0 amide bonds. The molecule has 1 N–H and O–H groups in total. The minimum absolute atomic E-state index is 0.484. The van der Waals surface area contributed by atoms with Crippen LogP contribution in [0.25, 0.3) is 0 Å². The van der Waals surface area contributed by atoms with Gasteiger partial charge in [-0.05, 0) is 19.4 Å². The van der Waals surface area contributed by atoms with E-state index in [9.17, 15) is 0 Å². The number of aryl methyl sites for hydroxylation is 1. The van der Waals surface area contributed by atoms with E-state index < -0.39 is 0 Å². The van der Waals surface area contributed by atoms with Gasteiger partial charge in [-0.1, -0.05) is 11.6 Å². The Labute approximate surface area is 105 Å². The van der Waals surface area contributed by atoms with Crippen molar-refractivity contribution in [1.29, 1.82) is 0 Å². The SMILES string of the molecule is Cc1cnn(CCNc2ncnc(Cl)c2C)c1. The first kappa shape index (κ1) is 11.9. The van der Waals surface area contributed by atoms with Gasteiger partial charge in [0.1, 0.15) is 17.3 Å². The van der Waals surface area contributed by atoms with Gasteiger partial charge in [-0.3, -0.25) is 4.68 Å². The van der Waals surface area contributed by atoms with E-state index in [4.69, 9.17) is 11.6 Å². The summed E-state index contributed by atoms with van der Waals surface area (Å²) in [6, 6.07) is 0. The van der Waals surface area contributed by atoms with Crippen LogP contribution in [0.2, 0.25) is 5.15 Å². The lowest BCUT2D eigenvalue weighted by Crippen LogP contribution is -2.12. The molecule has 0 atom stereocenters. The second-order valence-electron chi connectivity index (χ2n) is 3.85. The van der Waals surface area contributed by atoms with Crippen LogP contribution >= 0.6 is 11.6 Å². The fourth-order valence-electron chi connectivity index (χ4n) is 1.48. The third-order valence-electron chi connectivity index (χ3n) is 2.42. The summed E-state index contributed by atoms with van der Waals surface area (Å²) in [6.07, 6.45) is 5.30. The van der Waals surface area contributed by atoms with Gasteiger partial charge >= 0.3 is 0 Å².